The summed E-state index contributed by atoms with van der Waals surface area (Å²) < 4.78 is 25.2. The summed E-state index contributed by atoms with van der Waals surface area (Å²) in [5, 5.41) is 0. The molecule has 4 atom stereocenters. The van der Waals surface area contributed by atoms with E-state index in [0.717, 1.165) is 0 Å². The number of carbonyl (C=O) groups is 2. The maximum absolute atomic E-state index is 11.5. The molecule has 0 bridgehead atoms. The first-order chi connectivity index (χ1) is 10.1. The third kappa shape index (κ3) is 4.49. The minimum absolute atomic E-state index is 0.0475. The molecule has 116 valence electrons. The molecular formula is C14H18O7. The summed E-state index contributed by atoms with van der Waals surface area (Å²) in [6.45, 7) is 6.98. The van der Waals surface area contributed by atoms with E-state index in [9.17, 15) is 9.59 Å². The van der Waals surface area contributed by atoms with Gasteiger partial charge in [-0.1, -0.05) is 25.3 Å². The Balaban J connectivity index is 1.86. The molecule has 0 radical (unpaired) electrons. The van der Waals surface area contributed by atoms with Gasteiger partial charge < -0.3 is 23.7 Å². The van der Waals surface area contributed by atoms with E-state index in [2.05, 4.69) is 13.2 Å². The van der Waals surface area contributed by atoms with Gasteiger partial charge in [0.25, 0.3) is 0 Å². The largest absolute Gasteiger partial charge is 0.508 e. The molecule has 21 heavy (non-hydrogen) atoms. The van der Waals surface area contributed by atoms with E-state index >= 15 is 0 Å². The second-order valence-corrected chi connectivity index (χ2v) is 4.70. The van der Waals surface area contributed by atoms with Crippen molar-refractivity contribution in [1.29, 1.82) is 0 Å². The summed E-state index contributed by atoms with van der Waals surface area (Å²) in [7, 11) is 0. The fourth-order valence-electron chi connectivity index (χ4n) is 2.17. The van der Waals surface area contributed by atoms with Crippen molar-refractivity contribution in [3.8, 4) is 0 Å². The fourth-order valence-corrected chi connectivity index (χ4v) is 2.17. The van der Waals surface area contributed by atoms with Crippen LogP contribution in [0, 0.1) is 0 Å². The summed E-state index contributed by atoms with van der Waals surface area (Å²) >= 11 is 0. The Morgan fingerprint density at radius 2 is 1.38 bits per heavy atom. The van der Waals surface area contributed by atoms with E-state index in [1.807, 2.05) is 0 Å². The second-order valence-electron chi connectivity index (χ2n) is 4.70. The molecule has 0 aromatic heterocycles. The SMILES string of the molecule is C=CCOC(=O)OC1CC2OC2CC1OC(=O)OCC=C. The number of epoxide rings is 1. The van der Waals surface area contributed by atoms with E-state index in [1.165, 1.54) is 12.2 Å². The van der Waals surface area contributed by atoms with Gasteiger partial charge in [-0.3, -0.25) is 0 Å². The molecule has 1 saturated heterocycles. The molecule has 7 nitrogen and oxygen atoms in total. The average Bonchev–Trinajstić information content (AvgIpc) is 3.21. The lowest BCUT2D eigenvalue weighted by molar-refractivity contribution is -0.0634. The van der Waals surface area contributed by atoms with Gasteiger partial charge in [-0.15, -0.1) is 0 Å². The molecule has 1 saturated carbocycles. The molecule has 0 amide bonds. The van der Waals surface area contributed by atoms with Crippen LogP contribution in [0.1, 0.15) is 12.8 Å². The van der Waals surface area contributed by atoms with Crippen LogP contribution >= 0.6 is 0 Å². The van der Waals surface area contributed by atoms with Crippen LogP contribution in [-0.4, -0.2) is 49.9 Å². The van der Waals surface area contributed by atoms with Crippen LogP contribution in [0.25, 0.3) is 0 Å². The quantitative estimate of drug-likeness (QED) is 0.421. The smallest absolute Gasteiger partial charge is 0.430 e. The summed E-state index contributed by atoms with van der Waals surface area (Å²) in [5.74, 6) is 0. The maximum atomic E-state index is 11.5. The number of carbonyl (C=O) groups excluding carboxylic acids is 2. The first kappa shape index (κ1) is 15.4. The Kier molecular flexibility index (Phi) is 5.21. The van der Waals surface area contributed by atoms with Gasteiger partial charge in [-0.05, 0) is 0 Å². The second kappa shape index (κ2) is 7.12. The normalized spacial score (nSPS) is 29.5. The summed E-state index contributed by atoms with van der Waals surface area (Å²) in [4.78, 5) is 23.0. The lowest BCUT2D eigenvalue weighted by Gasteiger charge is -2.27. The molecular weight excluding hydrogens is 280 g/mol. The van der Waals surface area contributed by atoms with Crippen LogP contribution in [0.4, 0.5) is 9.59 Å². The fraction of sp³-hybridized carbons (Fsp3) is 0.571. The van der Waals surface area contributed by atoms with Crippen molar-refractivity contribution < 1.29 is 33.3 Å². The Morgan fingerprint density at radius 1 is 0.952 bits per heavy atom. The third-order valence-corrected chi connectivity index (χ3v) is 3.16. The highest BCUT2D eigenvalue weighted by molar-refractivity contribution is 5.61. The molecule has 0 aromatic rings. The van der Waals surface area contributed by atoms with E-state index in [4.69, 9.17) is 23.7 Å². The number of rotatable bonds is 6. The first-order valence-electron chi connectivity index (χ1n) is 6.68. The van der Waals surface area contributed by atoms with Gasteiger partial charge in [0.15, 0.2) is 0 Å². The topological polar surface area (TPSA) is 83.6 Å². The van der Waals surface area contributed by atoms with E-state index in [1.54, 1.807) is 0 Å². The molecule has 0 aromatic carbocycles. The zero-order valence-electron chi connectivity index (χ0n) is 11.6. The number of hydrogen-bond donors (Lipinski definition) is 0. The van der Waals surface area contributed by atoms with Crippen LogP contribution in [0.2, 0.25) is 0 Å². The van der Waals surface area contributed by atoms with Gasteiger partial charge in [0.2, 0.25) is 0 Å². The molecule has 7 heteroatoms. The molecule has 2 aliphatic rings. The number of fused-ring (bicyclic) bond motifs is 1. The molecule has 1 aliphatic heterocycles. The number of ether oxygens (including phenoxy) is 5. The molecule has 1 heterocycles. The van der Waals surface area contributed by atoms with Crippen LogP contribution in [0.3, 0.4) is 0 Å². The van der Waals surface area contributed by atoms with E-state index in [0.29, 0.717) is 12.8 Å². The van der Waals surface area contributed by atoms with Gasteiger partial charge in [0.1, 0.15) is 25.4 Å². The van der Waals surface area contributed by atoms with Crippen molar-refractivity contribution in [1.82, 2.24) is 0 Å². The van der Waals surface area contributed by atoms with Crippen LogP contribution in [-0.2, 0) is 23.7 Å². The highest BCUT2D eigenvalue weighted by Crippen LogP contribution is 2.39. The Morgan fingerprint density at radius 3 is 1.76 bits per heavy atom. The predicted molar refractivity (Wildman–Crippen MR) is 70.7 cm³/mol. The maximum Gasteiger partial charge on any atom is 0.508 e. The Labute approximate surface area is 122 Å². The zero-order chi connectivity index (χ0) is 15.2. The van der Waals surface area contributed by atoms with Crippen LogP contribution < -0.4 is 0 Å². The monoisotopic (exact) mass is 298 g/mol. The van der Waals surface area contributed by atoms with Crippen molar-refractivity contribution in [2.45, 2.75) is 37.3 Å². The van der Waals surface area contributed by atoms with Crippen molar-refractivity contribution in [2.24, 2.45) is 0 Å². The summed E-state index contributed by atoms with van der Waals surface area (Å²) in [6.07, 6.45) is 1.02. The zero-order valence-corrected chi connectivity index (χ0v) is 11.6. The van der Waals surface area contributed by atoms with Gasteiger partial charge in [0, 0.05) is 12.8 Å². The lowest BCUT2D eigenvalue weighted by Crippen LogP contribution is -2.40. The van der Waals surface area contributed by atoms with Crippen molar-refractivity contribution in [2.75, 3.05) is 13.2 Å². The standard InChI is InChI=1S/C14H18O7/c1-3-5-17-13(15)20-11-7-9-10(19-9)8-12(11)21-14(16)18-6-4-2/h3-4,9-12H,1-2,5-8H2. The van der Waals surface area contributed by atoms with Gasteiger partial charge in [-0.2, -0.15) is 0 Å². The van der Waals surface area contributed by atoms with Crippen LogP contribution in [0.5, 0.6) is 0 Å². The molecule has 2 rings (SSSR count). The highest BCUT2D eigenvalue weighted by atomic mass is 16.8. The molecule has 4 unspecified atom stereocenters. The van der Waals surface area contributed by atoms with Crippen LogP contribution in [0.15, 0.2) is 25.3 Å². The lowest BCUT2D eigenvalue weighted by atomic mass is 9.95. The molecule has 2 fully saturated rings. The third-order valence-electron chi connectivity index (χ3n) is 3.16. The molecule has 0 N–H and O–H groups in total. The van der Waals surface area contributed by atoms with Gasteiger partial charge in [-0.25, -0.2) is 9.59 Å². The average molecular weight is 298 g/mol. The number of hydrogen-bond acceptors (Lipinski definition) is 7. The summed E-state index contributed by atoms with van der Waals surface area (Å²) in [6, 6.07) is 0. The van der Waals surface area contributed by atoms with Crippen molar-refractivity contribution in [3.05, 3.63) is 25.3 Å². The van der Waals surface area contributed by atoms with Gasteiger partial charge in [0.05, 0.1) is 12.2 Å². The summed E-state index contributed by atoms with van der Waals surface area (Å²) in [5.41, 5.74) is 0. The Bertz CT molecular complexity index is 382. The van der Waals surface area contributed by atoms with E-state index < -0.39 is 24.5 Å². The van der Waals surface area contributed by atoms with Crippen molar-refractivity contribution >= 4 is 12.3 Å². The van der Waals surface area contributed by atoms with Crippen molar-refractivity contribution in [3.63, 3.8) is 0 Å². The highest BCUT2D eigenvalue weighted by Gasteiger charge is 2.51. The minimum atomic E-state index is -0.827. The Hall–Kier alpha value is -2.02. The van der Waals surface area contributed by atoms with Gasteiger partial charge >= 0.3 is 12.3 Å². The molecule has 0 spiro atoms. The molecule has 1 aliphatic carbocycles. The first-order valence-corrected chi connectivity index (χ1v) is 6.68. The predicted octanol–water partition coefficient (Wildman–Crippen LogP) is 1.96. The minimum Gasteiger partial charge on any atom is -0.430 e. The van der Waals surface area contributed by atoms with E-state index in [-0.39, 0.29) is 25.4 Å².